The number of rotatable bonds is 1. The molecule has 0 amide bonds. The average molecular weight is 202 g/mol. The smallest absolute Gasteiger partial charge is 0.134 e. The van der Waals surface area contributed by atoms with Crippen LogP contribution in [-0.4, -0.2) is 5.11 Å². The molecule has 15 heavy (non-hydrogen) atoms. The molecule has 2 aromatic rings. The minimum absolute atomic E-state index is 0.0272. The molecule has 0 heterocycles. The number of hydrogen-bond acceptors (Lipinski definition) is 1. The summed E-state index contributed by atoms with van der Waals surface area (Å²) < 4.78 is 13.5. The van der Waals surface area contributed by atoms with E-state index in [1.54, 1.807) is 6.07 Å². The van der Waals surface area contributed by atoms with Crippen molar-refractivity contribution in [3.63, 3.8) is 0 Å². The number of aryl methyl sites for hydroxylation is 1. The van der Waals surface area contributed by atoms with Crippen LogP contribution in [0.1, 0.15) is 5.56 Å². The molecule has 0 aliphatic rings. The lowest BCUT2D eigenvalue weighted by molar-refractivity contribution is 0.472. The first-order valence-corrected chi connectivity index (χ1v) is 4.73. The topological polar surface area (TPSA) is 20.2 Å². The predicted molar refractivity (Wildman–Crippen MR) is 58.2 cm³/mol. The molecule has 1 nitrogen and oxygen atoms in total. The standard InChI is InChI=1S/C13H11FO/c1-9-4-2-5-10(8-9)13-11(14)6-3-7-12(13)15/h2-8,15H,1H3. The molecule has 0 spiro atoms. The van der Waals surface area contributed by atoms with Crippen molar-refractivity contribution >= 4 is 0 Å². The first kappa shape index (κ1) is 9.71. The summed E-state index contributed by atoms with van der Waals surface area (Å²) >= 11 is 0. The Hall–Kier alpha value is -1.83. The Balaban J connectivity index is 2.63. The monoisotopic (exact) mass is 202 g/mol. The van der Waals surface area contributed by atoms with Crippen LogP contribution in [0.4, 0.5) is 4.39 Å². The maximum absolute atomic E-state index is 13.5. The molecule has 0 bridgehead atoms. The molecular weight excluding hydrogens is 191 g/mol. The quantitative estimate of drug-likeness (QED) is 0.750. The Morgan fingerprint density at radius 1 is 1.07 bits per heavy atom. The molecule has 1 N–H and O–H groups in total. The number of benzene rings is 2. The van der Waals surface area contributed by atoms with Crippen LogP contribution in [0.5, 0.6) is 5.75 Å². The fourth-order valence-electron chi connectivity index (χ4n) is 1.60. The second kappa shape index (κ2) is 3.73. The fourth-order valence-corrected chi connectivity index (χ4v) is 1.60. The van der Waals surface area contributed by atoms with Crippen molar-refractivity contribution in [1.82, 2.24) is 0 Å². The Morgan fingerprint density at radius 2 is 1.80 bits per heavy atom. The first-order valence-electron chi connectivity index (χ1n) is 4.73. The predicted octanol–water partition coefficient (Wildman–Crippen LogP) is 3.51. The maximum atomic E-state index is 13.5. The van der Waals surface area contributed by atoms with Crippen LogP contribution in [0.15, 0.2) is 42.5 Å². The van der Waals surface area contributed by atoms with Crippen molar-refractivity contribution in [3.05, 3.63) is 53.8 Å². The molecule has 0 atom stereocenters. The maximum Gasteiger partial charge on any atom is 0.134 e. The second-order valence-electron chi connectivity index (χ2n) is 3.50. The summed E-state index contributed by atoms with van der Waals surface area (Å²) in [6.45, 7) is 1.93. The molecule has 0 aliphatic carbocycles. The van der Waals surface area contributed by atoms with E-state index in [0.717, 1.165) is 5.56 Å². The molecule has 0 aliphatic heterocycles. The molecular formula is C13H11FO. The van der Waals surface area contributed by atoms with E-state index in [0.29, 0.717) is 5.56 Å². The van der Waals surface area contributed by atoms with E-state index < -0.39 is 5.82 Å². The highest BCUT2D eigenvalue weighted by atomic mass is 19.1. The highest BCUT2D eigenvalue weighted by Gasteiger charge is 2.09. The third-order valence-corrected chi connectivity index (χ3v) is 2.30. The molecule has 0 unspecified atom stereocenters. The summed E-state index contributed by atoms with van der Waals surface area (Å²) in [6.07, 6.45) is 0. The van der Waals surface area contributed by atoms with E-state index in [2.05, 4.69) is 0 Å². The van der Waals surface area contributed by atoms with Crippen LogP contribution in [0.2, 0.25) is 0 Å². The number of phenolic OH excluding ortho intramolecular Hbond substituents is 1. The zero-order valence-electron chi connectivity index (χ0n) is 8.37. The average Bonchev–Trinajstić information content (AvgIpc) is 2.17. The van der Waals surface area contributed by atoms with Crippen LogP contribution in [-0.2, 0) is 0 Å². The van der Waals surface area contributed by atoms with Crippen LogP contribution in [0.3, 0.4) is 0 Å². The van der Waals surface area contributed by atoms with Gasteiger partial charge in [-0.05, 0) is 24.6 Å². The normalized spacial score (nSPS) is 10.3. The SMILES string of the molecule is Cc1cccc(-c2c(O)cccc2F)c1. The minimum Gasteiger partial charge on any atom is -0.507 e. The fraction of sp³-hybridized carbons (Fsp3) is 0.0769. The van der Waals surface area contributed by atoms with Gasteiger partial charge in [0.05, 0.1) is 5.56 Å². The Morgan fingerprint density at radius 3 is 2.47 bits per heavy atom. The molecule has 0 saturated carbocycles. The van der Waals surface area contributed by atoms with E-state index in [9.17, 15) is 9.50 Å². The molecule has 0 aromatic heterocycles. The van der Waals surface area contributed by atoms with Gasteiger partial charge in [-0.15, -0.1) is 0 Å². The zero-order valence-corrected chi connectivity index (χ0v) is 8.37. The van der Waals surface area contributed by atoms with Gasteiger partial charge in [-0.3, -0.25) is 0 Å². The van der Waals surface area contributed by atoms with Gasteiger partial charge in [0.2, 0.25) is 0 Å². The van der Waals surface area contributed by atoms with Crippen molar-refractivity contribution in [2.45, 2.75) is 6.92 Å². The molecule has 76 valence electrons. The number of aromatic hydroxyl groups is 1. The van der Waals surface area contributed by atoms with Crippen LogP contribution in [0.25, 0.3) is 11.1 Å². The Kier molecular flexibility index (Phi) is 2.42. The van der Waals surface area contributed by atoms with Gasteiger partial charge in [-0.2, -0.15) is 0 Å². The second-order valence-corrected chi connectivity index (χ2v) is 3.50. The highest BCUT2D eigenvalue weighted by molar-refractivity contribution is 5.71. The van der Waals surface area contributed by atoms with Gasteiger partial charge < -0.3 is 5.11 Å². The van der Waals surface area contributed by atoms with Gasteiger partial charge in [-0.25, -0.2) is 4.39 Å². The summed E-state index contributed by atoms with van der Waals surface area (Å²) in [7, 11) is 0. The molecule has 0 fully saturated rings. The summed E-state index contributed by atoms with van der Waals surface area (Å²) in [5, 5.41) is 9.60. The molecule has 0 saturated heterocycles. The summed E-state index contributed by atoms with van der Waals surface area (Å²) in [4.78, 5) is 0. The zero-order chi connectivity index (χ0) is 10.8. The Bertz CT molecular complexity index is 471. The van der Waals surface area contributed by atoms with Crippen molar-refractivity contribution in [1.29, 1.82) is 0 Å². The van der Waals surface area contributed by atoms with Crippen molar-refractivity contribution in [2.24, 2.45) is 0 Å². The molecule has 0 radical (unpaired) electrons. The third-order valence-electron chi connectivity index (χ3n) is 2.30. The molecule has 2 heteroatoms. The Labute approximate surface area is 87.8 Å². The number of phenols is 1. The third kappa shape index (κ3) is 1.84. The van der Waals surface area contributed by atoms with E-state index in [-0.39, 0.29) is 11.3 Å². The van der Waals surface area contributed by atoms with Crippen molar-refractivity contribution in [2.75, 3.05) is 0 Å². The molecule has 2 rings (SSSR count). The van der Waals surface area contributed by atoms with Crippen LogP contribution >= 0.6 is 0 Å². The van der Waals surface area contributed by atoms with E-state index in [4.69, 9.17) is 0 Å². The number of halogens is 1. The van der Waals surface area contributed by atoms with Gasteiger partial charge in [0.15, 0.2) is 0 Å². The van der Waals surface area contributed by atoms with Gasteiger partial charge in [0.1, 0.15) is 11.6 Å². The van der Waals surface area contributed by atoms with Crippen LogP contribution < -0.4 is 0 Å². The lowest BCUT2D eigenvalue weighted by atomic mass is 10.0. The van der Waals surface area contributed by atoms with Crippen molar-refractivity contribution < 1.29 is 9.50 Å². The lowest BCUT2D eigenvalue weighted by Crippen LogP contribution is -1.85. The lowest BCUT2D eigenvalue weighted by Gasteiger charge is -2.06. The van der Waals surface area contributed by atoms with E-state index in [1.165, 1.54) is 18.2 Å². The summed E-state index contributed by atoms with van der Waals surface area (Å²) in [5.41, 5.74) is 2.00. The van der Waals surface area contributed by atoms with Gasteiger partial charge >= 0.3 is 0 Å². The van der Waals surface area contributed by atoms with Gasteiger partial charge in [0, 0.05) is 0 Å². The van der Waals surface area contributed by atoms with E-state index in [1.807, 2.05) is 25.1 Å². The molecule has 2 aromatic carbocycles. The number of hydrogen-bond donors (Lipinski definition) is 1. The van der Waals surface area contributed by atoms with Gasteiger partial charge in [-0.1, -0.05) is 35.9 Å². The largest absolute Gasteiger partial charge is 0.507 e. The van der Waals surface area contributed by atoms with Crippen molar-refractivity contribution in [3.8, 4) is 16.9 Å². The van der Waals surface area contributed by atoms with Gasteiger partial charge in [0.25, 0.3) is 0 Å². The first-order chi connectivity index (χ1) is 7.18. The van der Waals surface area contributed by atoms with E-state index >= 15 is 0 Å². The summed E-state index contributed by atoms with van der Waals surface area (Å²) in [6, 6.07) is 11.7. The highest BCUT2D eigenvalue weighted by Crippen LogP contribution is 2.31. The minimum atomic E-state index is -0.402. The summed E-state index contributed by atoms with van der Waals surface area (Å²) in [5.74, 6) is -0.429. The van der Waals surface area contributed by atoms with Crippen LogP contribution in [0, 0.1) is 12.7 Å².